The zero-order valence-electron chi connectivity index (χ0n) is 11.7. The number of rotatable bonds is 2. The summed E-state index contributed by atoms with van der Waals surface area (Å²) in [4.78, 5) is 0. The lowest BCUT2D eigenvalue weighted by molar-refractivity contribution is 0.143. The average molecular weight is 249 g/mol. The molecular weight excluding hydrogens is 225 g/mol. The fourth-order valence-electron chi connectivity index (χ4n) is 3.23. The minimum absolute atomic E-state index is 0.157. The molecule has 1 aliphatic carbocycles. The standard InChI is InChI=1S/C16H24FN/c1-11-5-4-8-16(18,13(11)3)10-14-9-15(17)7-6-12(14)2/h6-7,9,11,13H,4-5,8,10,18H2,1-3H3. The predicted octanol–water partition coefficient (Wildman–Crippen LogP) is 3.83. The lowest BCUT2D eigenvalue weighted by Gasteiger charge is -2.43. The molecule has 100 valence electrons. The van der Waals surface area contributed by atoms with Crippen LogP contribution < -0.4 is 5.73 Å². The summed E-state index contributed by atoms with van der Waals surface area (Å²) in [7, 11) is 0. The van der Waals surface area contributed by atoms with E-state index in [1.165, 1.54) is 18.9 Å². The Bertz CT molecular complexity index is 429. The smallest absolute Gasteiger partial charge is 0.123 e. The summed E-state index contributed by atoms with van der Waals surface area (Å²) in [6.45, 7) is 6.57. The van der Waals surface area contributed by atoms with Crippen LogP contribution >= 0.6 is 0 Å². The molecule has 0 radical (unpaired) electrons. The largest absolute Gasteiger partial charge is 0.325 e. The second-order valence-electron chi connectivity index (χ2n) is 6.14. The van der Waals surface area contributed by atoms with E-state index >= 15 is 0 Å². The Hall–Kier alpha value is -0.890. The van der Waals surface area contributed by atoms with Crippen LogP contribution in [0.3, 0.4) is 0 Å². The number of aryl methyl sites for hydroxylation is 1. The van der Waals surface area contributed by atoms with Crippen molar-refractivity contribution in [3.05, 3.63) is 35.1 Å². The molecule has 2 rings (SSSR count). The van der Waals surface area contributed by atoms with E-state index in [4.69, 9.17) is 5.73 Å². The SMILES string of the molecule is Cc1ccc(F)cc1CC1(N)CCCC(C)C1C. The fraction of sp³-hybridized carbons (Fsp3) is 0.625. The third-order valence-corrected chi connectivity index (χ3v) is 4.89. The molecule has 0 aromatic heterocycles. The molecule has 3 unspecified atom stereocenters. The van der Waals surface area contributed by atoms with Gasteiger partial charge in [-0.3, -0.25) is 0 Å². The van der Waals surface area contributed by atoms with Crippen LogP contribution in [0.5, 0.6) is 0 Å². The summed E-state index contributed by atoms with van der Waals surface area (Å²) in [5, 5.41) is 0. The minimum Gasteiger partial charge on any atom is -0.325 e. The third-order valence-electron chi connectivity index (χ3n) is 4.89. The van der Waals surface area contributed by atoms with Gasteiger partial charge in [-0.25, -0.2) is 4.39 Å². The molecule has 1 aromatic carbocycles. The Labute approximate surface area is 110 Å². The molecule has 1 aromatic rings. The lowest BCUT2D eigenvalue weighted by Crippen LogP contribution is -2.52. The first-order valence-electron chi connectivity index (χ1n) is 6.96. The van der Waals surface area contributed by atoms with E-state index in [1.807, 2.05) is 13.0 Å². The van der Waals surface area contributed by atoms with Crippen molar-refractivity contribution in [3.63, 3.8) is 0 Å². The van der Waals surface area contributed by atoms with E-state index in [2.05, 4.69) is 13.8 Å². The van der Waals surface area contributed by atoms with E-state index in [0.29, 0.717) is 11.8 Å². The van der Waals surface area contributed by atoms with Crippen molar-refractivity contribution in [1.29, 1.82) is 0 Å². The molecule has 18 heavy (non-hydrogen) atoms. The molecule has 0 heterocycles. The van der Waals surface area contributed by atoms with E-state index in [0.717, 1.165) is 24.0 Å². The highest BCUT2D eigenvalue weighted by atomic mass is 19.1. The van der Waals surface area contributed by atoms with Crippen molar-refractivity contribution in [3.8, 4) is 0 Å². The molecule has 2 N–H and O–H groups in total. The maximum absolute atomic E-state index is 13.4. The van der Waals surface area contributed by atoms with Gasteiger partial charge in [-0.1, -0.05) is 32.8 Å². The van der Waals surface area contributed by atoms with Gasteiger partial charge in [0.25, 0.3) is 0 Å². The summed E-state index contributed by atoms with van der Waals surface area (Å²) in [6, 6.07) is 5.02. The molecule has 0 amide bonds. The zero-order chi connectivity index (χ0) is 13.3. The highest BCUT2D eigenvalue weighted by molar-refractivity contribution is 5.28. The summed E-state index contributed by atoms with van der Waals surface area (Å²) in [5.41, 5.74) is 8.66. The quantitative estimate of drug-likeness (QED) is 0.847. The summed E-state index contributed by atoms with van der Waals surface area (Å²) in [6.07, 6.45) is 4.30. The fourth-order valence-corrected chi connectivity index (χ4v) is 3.23. The van der Waals surface area contributed by atoms with Gasteiger partial charge in [0, 0.05) is 5.54 Å². The highest BCUT2D eigenvalue weighted by Crippen LogP contribution is 2.38. The molecule has 1 nitrogen and oxygen atoms in total. The summed E-state index contributed by atoms with van der Waals surface area (Å²) in [5.74, 6) is 1.00. The van der Waals surface area contributed by atoms with Gasteiger partial charge in [0.2, 0.25) is 0 Å². The molecule has 1 fully saturated rings. The van der Waals surface area contributed by atoms with Crippen molar-refractivity contribution in [1.82, 2.24) is 0 Å². The summed E-state index contributed by atoms with van der Waals surface area (Å²) >= 11 is 0. The van der Waals surface area contributed by atoms with Crippen LogP contribution in [0.2, 0.25) is 0 Å². The highest BCUT2D eigenvalue weighted by Gasteiger charge is 2.38. The van der Waals surface area contributed by atoms with Gasteiger partial charge in [0.15, 0.2) is 0 Å². The molecule has 1 saturated carbocycles. The molecule has 0 spiro atoms. The first-order chi connectivity index (χ1) is 8.42. The van der Waals surface area contributed by atoms with E-state index in [9.17, 15) is 4.39 Å². The number of hydrogen-bond donors (Lipinski definition) is 1. The molecule has 1 aliphatic rings. The molecule has 0 saturated heterocycles. The van der Waals surface area contributed by atoms with Crippen molar-refractivity contribution in [2.45, 2.75) is 52.0 Å². The van der Waals surface area contributed by atoms with Gasteiger partial charge < -0.3 is 5.73 Å². The molecule has 0 aliphatic heterocycles. The molecule has 0 bridgehead atoms. The third kappa shape index (κ3) is 2.59. The Balaban J connectivity index is 2.23. The zero-order valence-corrected chi connectivity index (χ0v) is 11.7. The van der Waals surface area contributed by atoms with Crippen LogP contribution in [0.1, 0.15) is 44.2 Å². The van der Waals surface area contributed by atoms with Gasteiger partial charge in [-0.15, -0.1) is 0 Å². The average Bonchev–Trinajstić information content (AvgIpc) is 2.31. The first kappa shape index (κ1) is 13.5. The minimum atomic E-state index is -0.170. The normalized spacial score (nSPS) is 32.5. The maximum atomic E-state index is 13.4. The van der Waals surface area contributed by atoms with Crippen LogP contribution in [-0.2, 0) is 6.42 Å². The van der Waals surface area contributed by atoms with Crippen molar-refractivity contribution >= 4 is 0 Å². The van der Waals surface area contributed by atoms with Crippen molar-refractivity contribution in [2.24, 2.45) is 17.6 Å². The topological polar surface area (TPSA) is 26.0 Å². The molecule has 2 heteroatoms. The molecule has 3 atom stereocenters. The Kier molecular flexibility index (Phi) is 3.76. The van der Waals surface area contributed by atoms with Crippen molar-refractivity contribution < 1.29 is 4.39 Å². The van der Waals surface area contributed by atoms with E-state index in [-0.39, 0.29) is 11.4 Å². The first-order valence-corrected chi connectivity index (χ1v) is 6.96. The number of hydrogen-bond acceptors (Lipinski definition) is 1. The Morgan fingerprint density at radius 1 is 1.39 bits per heavy atom. The predicted molar refractivity (Wildman–Crippen MR) is 73.9 cm³/mol. The van der Waals surface area contributed by atoms with Gasteiger partial charge in [0.1, 0.15) is 5.82 Å². The van der Waals surface area contributed by atoms with Crippen LogP contribution in [0, 0.1) is 24.6 Å². The Morgan fingerprint density at radius 3 is 2.83 bits per heavy atom. The Morgan fingerprint density at radius 2 is 2.11 bits per heavy atom. The second-order valence-corrected chi connectivity index (χ2v) is 6.14. The number of halogens is 1. The molecular formula is C16H24FN. The van der Waals surface area contributed by atoms with Crippen LogP contribution in [0.25, 0.3) is 0 Å². The monoisotopic (exact) mass is 249 g/mol. The maximum Gasteiger partial charge on any atom is 0.123 e. The van der Waals surface area contributed by atoms with Gasteiger partial charge in [-0.2, -0.15) is 0 Å². The van der Waals surface area contributed by atoms with Gasteiger partial charge in [0.05, 0.1) is 0 Å². The van der Waals surface area contributed by atoms with Crippen LogP contribution in [-0.4, -0.2) is 5.54 Å². The van der Waals surface area contributed by atoms with E-state index < -0.39 is 0 Å². The summed E-state index contributed by atoms with van der Waals surface area (Å²) < 4.78 is 13.4. The van der Waals surface area contributed by atoms with Crippen molar-refractivity contribution in [2.75, 3.05) is 0 Å². The van der Waals surface area contributed by atoms with Crippen LogP contribution in [0.4, 0.5) is 4.39 Å². The van der Waals surface area contributed by atoms with E-state index in [1.54, 1.807) is 6.07 Å². The van der Waals surface area contributed by atoms with Gasteiger partial charge in [-0.05, 0) is 54.9 Å². The second kappa shape index (κ2) is 5.00. The number of benzene rings is 1. The van der Waals surface area contributed by atoms with Gasteiger partial charge >= 0.3 is 0 Å². The van der Waals surface area contributed by atoms with Crippen LogP contribution in [0.15, 0.2) is 18.2 Å². The lowest BCUT2D eigenvalue weighted by atomic mass is 9.66. The number of nitrogens with two attached hydrogens (primary N) is 1.